The number of ether oxygens (including phenoxy) is 1. The molecule has 0 radical (unpaired) electrons. The van der Waals surface area contributed by atoms with Gasteiger partial charge in [-0.1, -0.05) is 18.2 Å². The highest BCUT2D eigenvalue weighted by Gasteiger charge is 2.10. The van der Waals surface area contributed by atoms with Crippen molar-refractivity contribution in [3.8, 4) is 6.07 Å². The largest absolute Gasteiger partial charge is 0.444 e. The fourth-order valence-electron chi connectivity index (χ4n) is 1.17. The molecule has 0 spiro atoms. The van der Waals surface area contributed by atoms with E-state index < -0.39 is 11.9 Å². The van der Waals surface area contributed by atoms with E-state index in [0.717, 1.165) is 0 Å². The van der Waals surface area contributed by atoms with Crippen molar-refractivity contribution in [1.29, 1.82) is 5.26 Å². The number of rotatable bonds is 4. The topological polar surface area (TPSA) is 53.3 Å². The third-order valence-electron chi connectivity index (χ3n) is 2.18. The van der Waals surface area contributed by atoms with Crippen LogP contribution in [-0.2, 0) is 11.3 Å². The van der Waals surface area contributed by atoms with Crippen LogP contribution in [0, 0.1) is 17.1 Å². The highest BCUT2D eigenvalue weighted by Crippen LogP contribution is 2.08. The van der Waals surface area contributed by atoms with Crippen molar-refractivity contribution in [3.05, 3.63) is 35.6 Å². The van der Waals surface area contributed by atoms with Crippen molar-refractivity contribution < 1.29 is 13.9 Å². The van der Waals surface area contributed by atoms with E-state index in [1.807, 2.05) is 6.07 Å². The Bertz CT molecular complexity index is 429. The van der Waals surface area contributed by atoms with Crippen LogP contribution in [0.1, 0.15) is 12.0 Å². The third kappa shape index (κ3) is 4.11. The molecule has 4 nitrogen and oxygen atoms in total. The molecule has 0 saturated heterocycles. The first-order chi connectivity index (χ1) is 8.15. The summed E-state index contributed by atoms with van der Waals surface area (Å²) in [5.74, 6) is -0.403. The van der Waals surface area contributed by atoms with Gasteiger partial charge >= 0.3 is 6.09 Å². The minimum Gasteiger partial charge on any atom is -0.444 e. The molecule has 0 heterocycles. The zero-order chi connectivity index (χ0) is 12.7. The molecule has 1 aromatic rings. The zero-order valence-electron chi connectivity index (χ0n) is 9.52. The molecule has 1 amide bonds. The van der Waals surface area contributed by atoms with Crippen LogP contribution in [0.2, 0.25) is 0 Å². The fraction of sp³-hybridized carbons (Fsp3) is 0.333. The molecule has 0 aliphatic heterocycles. The number of amides is 1. The van der Waals surface area contributed by atoms with Crippen LogP contribution in [0.25, 0.3) is 0 Å². The molecule has 0 saturated carbocycles. The van der Waals surface area contributed by atoms with Crippen molar-refractivity contribution in [3.63, 3.8) is 0 Å². The van der Waals surface area contributed by atoms with Gasteiger partial charge in [-0.3, -0.25) is 0 Å². The summed E-state index contributed by atoms with van der Waals surface area (Å²) in [5.41, 5.74) is 0.328. The molecule has 0 bridgehead atoms. The number of benzene rings is 1. The average Bonchev–Trinajstić information content (AvgIpc) is 2.34. The first-order valence-corrected chi connectivity index (χ1v) is 5.13. The molecule has 0 fully saturated rings. The highest BCUT2D eigenvalue weighted by molar-refractivity contribution is 5.67. The summed E-state index contributed by atoms with van der Waals surface area (Å²) in [6, 6.07) is 8.03. The molecule has 0 atom stereocenters. The van der Waals surface area contributed by atoms with Gasteiger partial charge in [0.2, 0.25) is 0 Å². The molecule has 0 unspecified atom stereocenters. The minimum absolute atomic E-state index is 0.109. The molecular formula is C12H13FN2O2. The molecule has 90 valence electrons. The van der Waals surface area contributed by atoms with Gasteiger partial charge in [-0.2, -0.15) is 5.26 Å². The van der Waals surface area contributed by atoms with Gasteiger partial charge in [0.15, 0.2) is 0 Å². The van der Waals surface area contributed by atoms with Gasteiger partial charge in [0.25, 0.3) is 0 Å². The SMILES string of the molecule is CN(CCC#N)C(=O)OCc1ccccc1F. The zero-order valence-corrected chi connectivity index (χ0v) is 9.52. The maximum Gasteiger partial charge on any atom is 0.409 e. The molecule has 1 rings (SSSR count). The summed E-state index contributed by atoms with van der Waals surface area (Å²) in [4.78, 5) is 12.7. The van der Waals surface area contributed by atoms with E-state index in [2.05, 4.69) is 0 Å². The Labute approximate surface area is 99.2 Å². The van der Waals surface area contributed by atoms with E-state index in [9.17, 15) is 9.18 Å². The van der Waals surface area contributed by atoms with E-state index in [1.165, 1.54) is 18.0 Å². The van der Waals surface area contributed by atoms with Crippen LogP contribution in [0.3, 0.4) is 0 Å². The Hall–Kier alpha value is -2.09. The fourth-order valence-corrected chi connectivity index (χ4v) is 1.17. The average molecular weight is 236 g/mol. The van der Waals surface area contributed by atoms with Crippen LogP contribution in [0.4, 0.5) is 9.18 Å². The van der Waals surface area contributed by atoms with Gasteiger partial charge in [0.1, 0.15) is 12.4 Å². The lowest BCUT2D eigenvalue weighted by Gasteiger charge is -2.15. The number of hydrogen-bond acceptors (Lipinski definition) is 3. The Balaban J connectivity index is 2.43. The lowest BCUT2D eigenvalue weighted by molar-refractivity contribution is 0.104. The number of halogens is 1. The van der Waals surface area contributed by atoms with Gasteiger partial charge in [-0.25, -0.2) is 9.18 Å². The molecule has 0 aliphatic carbocycles. The van der Waals surface area contributed by atoms with Crippen molar-refractivity contribution in [2.24, 2.45) is 0 Å². The third-order valence-corrected chi connectivity index (χ3v) is 2.18. The highest BCUT2D eigenvalue weighted by atomic mass is 19.1. The van der Waals surface area contributed by atoms with E-state index in [1.54, 1.807) is 18.2 Å². The summed E-state index contributed by atoms with van der Waals surface area (Å²) in [5, 5.41) is 8.36. The molecule has 17 heavy (non-hydrogen) atoms. The molecule has 0 aromatic heterocycles. The molecule has 1 aromatic carbocycles. The quantitative estimate of drug-likeness (QED) is 0.806. The van der Waals surface area contributed by atoms with Crippen LogP contribution < -0.4 is 0 Å². The lowest BCUT2D eigenvalue weighted by Crippen LogP contribution is -2.28. The first kappa shape index (κ1) is 13.0. The van der Waals surface area contributed by atoms with Crippen LogP contribution in [0.15, 0.2) is 24.3 Å². The van der Waals surface area contributed by atoms with E-state index >= 15 is 0 Å². The normalized spacial score (nSPS) is 9.47. The van der Waals surface area contributed by atoms with Crippen LogP contribution in [0.5, 0.6) is 0 Å². The Morgan fingerprint density at radius 3 is 2.88 bits per heavy atom. The van der Waals surface area contributed by atoms with E-state index in [4.69, 9.17) is 10.00 Å². The van der Waals surface area contributed by atoms with E-state index in [0.29, 0.717) is 12.1 Å². The Morgan fingerprint density at radius 1 is 1.53 bits per heavy atom. The summed E-state index contributed by atoms with van der Waals surface area (Å²) < 4.78 is 18.1. The molecule has 5 heteroatoms. The van der Waals surface area contributed by atoms with Gasteiger partial charge in [-0.15, -0.1) is 0 Å². The predicted molar refractivity (Wildman–Crippen MR) is 59.4 cm³/mol. The number of hydrogen-bond donors (Lipinski definition) is 0. The van der Waals surface area contributed by atoms with Gasteiger partial charge in [-0.05, 0) is 6.07 Å². The van der Waals surface area contributed by atoms with Crippen molar-refractivity contribution in [2.45, 2.75) is 13.0 Å². The molecule has 0 N–H and O–H groups in total. The first-order valence-electron chi connectivity index (χ1n) is 5.13. The maximum absolute atomic E-state index is 13.2. The number of carbonyl (C=O) groups is 1. The van der Waals surface area contributed by atoms with Crippen LogP contribution in [-0.4, -0.2) is 24.6 Å². The van der Waals surface area contributed by atoms with Gasteiger partial charge < -0.3 is 9.64 Å². The number of carbonyl (C=O) groups excluding carboxylic acids is 1. The smallest absolute Gasteiger partial charge is 0.409 e. The second-order valence-electron chi connectivity index (χ2n) is 3.48. The summed E-state index contributed by atoms with van der Waals surface area (Å²) >= 11 is 0. The van der Waals surface area contributed by atoms with Gasteiger partial charge in [0.05, 0.1) is 12.5 Å². The van der Waals surface area contributed by atoms with Crippen molar-refractivity contribution >= 4 is 6.09 Å². The standard InChI is InChI=1S/C12H13FN2O2/c1-15(8-4-7-14)12(16)17-9-10-5-2-3-6-11(10)13/h2-3,5-6H,4,8-9H2,1H3. The summed E-state index contributed by atoms with van der Waals surface area (Å²) in [6.45, 7) is 0.189. The second-order valence-corrected chi connectivity index (χ2v) is 3.48. The number of nitriles is 1. The minimum atomic E-state index is -0.566. The molecular weight excluding hydrogens is 223 g/mol. The predicted octanol–water partition coefficient (Wildman–Crippen LogP) is 2.31. The lowest BCUT2D eigenvalue weighted by atomic mass is 10.2. The van der Waals surface area contributed by atoms with E-state index in [-0.39, 0.29) is 13.0 Å². The van der Waals surface area contributed by atoms with Crippen molar-refractivity contribution in [2.75, 3.05) is 13.6 Å². The maximum atomic E-state index is 13.2. The Morgan fingerprint density at radius 2 is 2.24 bits per heavy atom. The Kier molecular flexibility index (Phi) is 4.95. The van der Waals surface area contributed by atoms with Crippen molar-refractivity contribution in [1.82, 2.24) is 4.90 Å². The summed E-state index contributed by atoms with van der Waals surface area (Å²) in [6.07, 6.45) is -0.325. The van der Waals surface area contributed by atoms with Crippen LogP contribution >= 0.6 is 0 Å². The second kappa shape index (κ2) is 6.48. The van der Waals surface area contributed by atoms with Gasteiger partial charge in [0, 0.05) is 19.2 Å². The monoisotopic (exact) mass is 236 g/mol. The molecule has 0 aliphatic rings. The number of nitrogens with zero attached hydrogens (tertiary/aromatic N) is 2. The summed E-state index contributed by atoms with van der Waals surface area (Å²) in [7, 11) is 1.53.